The van der Waals surface area contributed by atoms with Crippen LogP contribution in [-0.4, -0.2) is 7.05 Å². The van der Waals surface area contributed by atoms with Crippen LogP contribution >= 0.6 is 11.6 Å². The molecule has 0 aliphatic carbocycles. The van der Waals surface area contributed by atoms with Crippen LogP contribution in [0.15, 0.2) is 24.3 Å². The summed E-state index contributed by atoms with van der Waals surface area (Å²) in [5.41, 5.74) is 1.29. The molecule has 1 aromatic rings. The first-order valence-electron chi connectivity index (χ1n) is 6.10. The number of hydrogen-bond donors (Lipinski definition) is 1. The van der Waals surface area contributed by atoms with Crippen molar-refractivity contribution < 1.29 is 0 Å². The Kier molecular flexibility index (Phi) is 5.86. The standard InChI is InChI=1S/C14H22ClN/c1-4-6-11(2)9-14(16-3)12-7-5-8-13(15)10-12/h5,7-8,10-11,14,16H,4,6,9H2,1-3H3. The van der Waals surface area contributed by atoms with E-state index in [2.05, 4.69) is 31.3 Å². The van der Waals surface area contributed by atoms with Crippen LogP contribution in [0.5, 0.6) is 0 Å². The van der Waals surface area contributed by atoms with E-state index in [0.717, 1.165) is 10.9 Å². The normalized spacial score (nSPS) is 14.8. The summed E-state index contributed by atoms with van der Waals surface area (Å²) in [7, 11) is 2.02. The quantitative estimate of drug-likeness (QED) is 0.775. The molecule has 1 N–H and O–H groups in total. The van der Waals surface area contributed by atoms with Crippen LogP contribution < -0.4 is 5.32 Å². The number of hydrogen-bond acceptors (Lipinski definition) is 1. The summed E-state index contributed by atoms with van der Waals surface area (Å²) in [5, 5.41) is 4.20. The number of benzene rings is 1. The van der Waals surface area contributed by atoms with Crippen molar-refractivity contribution in [3.8, 4) is 0 Å². The third-order valence-electron chi connectivity index (χ3n) is 3.02. The van der Waals surface area contributed by atoms with E-state index in [4.69, 9.17) is 11.6 Å². The topological polar surface area (TPSA) is 12.0 Å². The second kappa shape index (κ2) is 6.93. The maximum absolute atomic E-state index is 6.02. The Labute approximate surface area is 104 Å². The molecule has 0 aliphatic heterocycles. The van der Waals surface area contributed by atoms with Gasteiger partial charge in [-0.3, -0.25) is 0 Å². The van der Waals surface area contributed by atoms with Crippen LogP contribution in [0.3, 0.4) is 0 Å². The molecule has 2 heteroatoms. The number of halogens is 1. The average Bonchev–Trinajstić information content (AvgIpc) is 2.26. The van der Waals surface area contributed by atoms with Gasteiger partial charge in [-0.1, -0.05) is 50.4 Å². The lowest BCUT2D eigenvalue weighted by Crippen LogP contribution is -2.19. The van der Waals surface area contributed by atoms with Gasteiger partial charge in [-0.05, 0) is 37.1 Å². The molecular weight excluding hydrogens is 218 g/mol. The molecular formula is C14H22ClN. The van der Waals surface area contributed by atoms with E-state index in [-0.39, 0.29) is 0 Å². The largest absolute Gasteiger partial charge is 0.313 e. The molecule has 90 valence electrons. The highest BCUT2D eigenvalue weighted by Gasteiger charge is 2.13. The zero-order valence-electron chi connectivity index (χ0n) is 10.5. The Morgan fingerprint density at radius 1 is 1.38 bits per heavy atom. The molecule has 0 saturated carbocycles. The van der Waals surface area contributed by atoms with Gasteiger partial charge >= 0.3 is 0 Å². The Hall–Kier alpha value is -0.530. The van der Waals surface area contributed by atoms with Crippen LogP contribution in [0, 0.1) is 5.92 Å². The number of nitrogens with one attached hydrogen (secondary N) is 1. The van der Waals surface area contributed by atoms with Gasteiger partial charge in [0, 0.05) is 11.1 Å². The van der Waals surface area contributed by atoms with Gasteiger partial charge in [-0.2, -0.15) is 0 Å². The Balaban J connectivity index is 2.67. The van der Waals surface area contributed by atoms with Crippen molar-refractivity contribution in [3.05, 3.63) is 34.9 Å². The predicted molar refractivity (Wildman–Crippen MR) is 71.9 cm³/mol. The maximum atomic E-state index is 6.02. The van der Waals surface area contributed by atoms with Crippen LogP contribution in [0.2, 0.25) is 5.02 Å². The summed E-state index contributed by atoms with van der Waals surface area (Å²) < 4.78 is 0. The molecule has 0 heterocycles. The van der Waals surface area contributed by atoms with Crippen molar-refractivity contribution in [1.82, 2.24) is 5.32 Å². The van der Waals surface area contributed by atoms with E-state index in [0.29, 0.717) is 6.04 Å². The maximum Gasteiger partial charge on any atom is 0.0409 e. The summed E-state index contributed by atoms with van der Waals surface area (Å²) in [4.78, 5) is 0. The van der Waals surface area contributed by atoms with Crippen molar-refractivity contribution >= 4 is 11.6 Å². The summed E-state index contributed by atoms with van der Waals surface area (Å²) in [6, 6.07) is 8.56. The van der Waals surface area contributed by atoms with Crippen LogP contribution in [-0.2, 0) is 0 Å². The van der Waals surface area contributed by atoms with E-state index >= 15 is 0 Å². The molecule has 0 aromatic heterocycles. The van der Waals surface area contributed by atoms with Gasteiger partial charge in [0.15, 0.2) is 0 Å². The Morgan fingerprint density at radius 3 is 2.69 bits per heavy atom. The minimum atomic E-state index is 0.417. The molecule has 2 unspecified atom stereocenters. The summed E-state index contributed by atoms with van der Waals surface area (Å²) in [6.45, 7) is 4.56. The average molecular weight is 240 g/mol. The fourth-order valence-electron chi connectivity index (χ4n) is 2.16. The number of rotatable bonds is 6. The summed E-state index contributed by atoms with van der Waals surface area (Å²) in [5.74, 6) is 0.751. The summed E-state index contributed by atoms with van der Waals surface area (Å²) in [6.07, 6.45) is 3.72. The second-order valence-electron chi connectivity index (χ2n) is 4.53. The van der Waals surface area contributed by atoms with Crippen molar-refractivity contribution in [2.24, 2.45) is 5.92 Å². The van der Waals surface area contributed by atoms with Gasteiger partial charge in [-0.15, -0.1) is 0 Å². The van der Waals surface area contributed by atoms with Gasteiger partial charge in [-0.25, -0.2) is 0 Å². The minimum Gasteiger partial charge on any atom is -0.313 e. The van der Waals surface area contributed by atoms with Crippen molar-refractivity contribution in [2.75, 3.05) is 7.05 Å². The molecule has 0 spiro atoms. The molecule has 1 nitrogen and oxygen atoms in total. The van der Waals surface area contributed by atoms with E-state index < -0.39 is 0 Å². The zero-order valence-corrected chi connectivity index (χ0v) is 11.2. The second-order valence-corrected chi connectivity index (χ2v) is 4.96. The van der Waals surface area contributed by atoms with Crippen molar-refractivity contribution in [1.29, 1.82) is 0 Å². The molecule has 0 amide bonds. The van der Waals surface area contributed by atoms with E-state index in [9.17, 15) is 0 Å². The van der Waals surface area contributed by atoms with Crippen molar-refractivity contribution in [2.45, 2.75) is 39.2 Å². The fraction of sp³-hybridized carbons (Fsp3) is 0.571. The lowest BCUT2D eigenvalue weighted by molar-refractivity contribution is 0.407. The van der Waals surface area contributed by atoms with Crippen LogP contribution in [0.25, 0.3) is 0 Å². The molecule has 0 saturated heterocycles. The first-order chi connectivity index (χ1) is 7.67. The molecule has 0 fully saturated rings. The summed E-state index contributed by atoms with van der Waals surface area (Å²) >= 11 is 6.02. The van der Waals surface area contributed by atoms with Crippen LogP contribution in [0.4, 0.5) is 0 Å². The molecule has 2 atom stereocenters. The van der Waals surface area contributed by atoms with Gasteiger partial charge < -0.3 is 5.32 Å². The van der Waals surface area contributed by atoms with Gasteiger partial charge in [0.2, 0.25) is 0 Å². The van der Waals surface area contributed by atoms with E-state index in [1.54, 1.807) is 0 Å². The highest BCUT2D eigenvalue weighted by molar-refractivity contribution is 6.30. The Morgan fingerprint density at radius 2 is 2.12 bits per heavy atom. The molecule has 1 aromatic carbocycles. The Bertz CT molecular complexity index is 311. The van der Waals surface area contributed by atoms with Crippen molar-refractivity contribution in [3.63, 3.8) is 0 Å². The van der Waals surface area contributed by atoms with Gasteiger partial charge in [0.05, 0.1) is 0 Å². The molecule has 0 bridgehead atoms. The van der Waals surface area contributed by atoms with Gasteiger partial charge in [0.25, 0.3) is 0 Å². The lowest BCUT2D eigenvalue weighted by atomic mass is 9.93. The zero-order chi connectivity index (χ0) is 12.0. The first kappa shape index (κ1) is 13.5. The molecule has 1 rings (SSSR count). The monoisotopic (exact) mass is 239 g/mol. The molecule has 0 aliphatic rings. The fourth-order valence-corrected chi connectivity index (χ4v) is 2.36. The minimum absolute atomic E-state index is 0.417. The van der Waals surface area contributed by atoms with E-state index in [1.165, 1.54) is 24.8 Å². The predicted octanol–water partition coefficient (Wildman–Crippen LogP) is 4.43. The smallest absolute Gasteiger partial charge is 0.0409 e. The first-order valence-corrected chi connectivity index (χ1v) is 6.47. The SMILES string of the molecule is CCCC(C)CC(NC)c1cccc(Cl)c1. The third-order valence-corrected chi connectivity index (χ3v) is 3.25. The molecule has 16 heavy (non-hydrogen) atoms. The van der Waals surface area contributed by atoms with Crippen LogP contribution in [0.1, 0.15) is 44.7 Å². The highest BCUT2D eigenvalue weighted by Crippen LogP contribution is 2.25. The molecule has 0 radical (unpaired) electrons. The highest BCUT2D eigenvalue weighted by atomic mass is 35.5. The van der Waals surface area contributed by atoms with Gasteiger partial charge in [0.1, 0.15) is 0 Å². The lowest BCUT2D eigenvalue weighted by Gasteiger charge is -2.21. The third kappa shape index (κ3) is 4.15. The van der Waals surface area contributed by atoms with E-state index in [1.807, 2.05) is 19.2 Å².